The van der Waals surface area contributed by atoms with E-state index >= 15 is 0 Å². The van der Waals surface area contributed by atoms with Gasteiger partial charge in [0.2, 0.25) is 0 Å². The number of carbonyl (C=O) groups is 1. The van der Waals surface area contributed by atoms with Crippen molar-refractivity contribution in [3.05, 3.63) is 18.0 Å². The summed E-state index contributed by atoms with van der Waals surface area (Å²) in [6, 6.07) is 0. The average Bonchev–Trinajstić information content (AvgIpc) is 2.64. The summed E-state index contributed by atoms with van der Waals surface area (Å²) in [7, 11) is 0. The van der Waals surface area contributed by atoms with Crippen molar-refractivity contribution >= 4 is 5.97 Å². The SMILES string of the molecule is CCCn1cc(C(O)C(O)C(=O)O)cn1. The number of aliphatic carboxylic acids is 1. The Morgan fingerprint density at radius 1 is 1.60 bits per heavy atom. The Kier molecular flexibility index (Phi) is 3.81. The maximum absolute atomic E-state index is 10.4. The number of carboxylic acids is 1. The van der Waals surface area contributed by atoms with E-state index in [0.717, 1.165) is 6.42 Å². The third kappa shape index (κ3) is 2.77. The number of aliphatic hydroxyl groups is 2. The summed E-state index contributed by atoms with van der Waals surface area (Å²) in [5.74, 6) is -1.45. The molecule has 6 nitrogen and oxygen atoms in total. The lowest BCUT2D eigenvalue weighted by molar-refractivity contribution is -0.153. The van der Waals surface area contributed by atoms with Gasteiger partial charge < -0.3 is 15.3 Å². The molecule has 84 valence electrons. The Labute approximate surface area is 86.8 Å². The zero-order valence-corrected chi connectivity index (χ0v) is 8.37. The van der Waals surface area contributed by atoms with E-state index in [1.54, 1.807) is 4.68 Å². The van der Waals surface area contributed by atoms with Crippen LogP contribution in [0.25, 0.3) is 0 Å². The Morgan fingerprint density at radius 2 is 2.27 bits per heavy atom. The lowest BCUT2D eigenvalue weighted by atomic mass is 10.1. The predicted molar refractivity (Wildman–Crippen MR) is 51.1 cm³/mol. The molecule has 0 aromatic carbocycles. The summed E-state index contributed by atoms with van der Waals surface area (Å²) in [6.07, 6.45) is 0.517. The van der Waals surface area contributed by atoms with E-state index in [2.05, 4.69) is 5.10 Å². The van der Waals surface area contributed by atoms with Crippen LogP contribution in [0.2, 0.25) is 0 Å². The largest absolute Gasteiger partial charge is 0.479 e. The molecule has 0 saturated heterocycles. The molecule has 0 aliphatic rings. The third-order valence-corrected chi connectivity index (χ3v) is 2.00. The van der Waals surface area contributed by atoms with E-state index < -0.39 is 18.2 Å². The molecule has 0 saturated carbocycles. The van der Waals surface area contributed by atoms with Crippen LogP contribution < -0.4 is 0 Å². The second-order valence-electron chi connectivity index (χ2n) is 3.26. The fraction of sp³-hybridized carbons (Fsp3) is 0.556. The van der Waals surface area contributed by atoms with Gasteiger partial charge in [0.1, 0.15) is 6.10 Å². The van der Waals surface area contributed by atoms with Crippen molar-refractivity contribution in [1.29, 1.82) is 0 Å². The van der Waals surface area contributed by atoms with Crippen molar-refractivity contribution < 1.29 is 20.1 Å². The van der Waals surface area contributed by atoms with Crippen molar-refractivity contribution in [2.75, 3.05) is 0 Å². The van der Waals surface area contributed by atoms with Gasteiger partial charge in [0.05, 0.1) is 6.20 Å². The van der Waals surface area contributed by atoms with Crippen LogP contribution in [0.5, 0.6) is 0 Å². The van der Waals surface area contributed by atoms with E-state index in [0.29, 0.717) is 12.1 Å². The Balaban J connectivity index is 2.73. The van der Waals surface area contributed by atoms with E-state index in [4.69, 9.17) is 10.2 Å². The van der Waals surface area contributed by atoms with Crippen LogP contribution in [-0.4, -0.2) is 37.2 Å². The molecule has 1 rings (SSSR count). The highest BCUT2D eigenvalue weighted by Crippen LogP contribution is 2.16. The van der Waals surface area contributed by atoms with Gasteiger partial charge in [-0.25, -0.2) is 4.79 Å². The van der Waals surface area contributed by atoms with Crippen LogP contribution in [0.15, 0.2) is 12.4 Å². The van der Waals surface area contributed by atoms with Crippen LogP contribution in [0.4, 0.5) is 0 Å². The van der Waals surface area contributed by atoms with Gasteiger partial charge in [0.15, 0.2) is 6.10 Å². The second-order valence-corrected chi connectivity index (χ2v) is 3.26. The van der Waals surface area contributed by atoms with Gasteiger partial charge in [-0.3, -0.25) is 4.68 Å². The van der Waals surface area contributed by atoms with Crippen molar-refractivity contribution in [3.63, 3.8) is 0 Å². The fourth-order valence-electron chi connectivity index (χ4n) is 1.20. The van der Waals surface area contributed by atoms with Crippen LogP contribution in [-0.2, 0) is 11.3 Å². The first-order valence-electron chi connectivity index (χ1n) is 4.67. The lowest BCUT2D eigenvalue weighted by Crippen LogP contribution is -2.27. The Morgan fingerprint density at radius 3 is 2.80 bits per heavy atom. The van der Waals surface area contributed by atoms with Gasteiger partial charge in [0, 0.05) is 18.3 Å². The number of nitrogens with zero attached hydrogens (tertiary/aromatic N) is 2. The average molecular weight is 214 g/mol. The molecule has 0 fully saturated rings. The van der Waals surface area contributed by atoms with Crippen LogP contribution >= 0.6 is 0 Å². The van der Waals surface area contributed by atoms with Crippen molar-refractivity contribution in [1.82, 2.24) is 9.78 Å². The third-order valence-electron chi connectivity index (χ3n) is 2.00. The predicted octanol–water partition coefficient (Wildman–Crippen LogP) is -0.228. The first-order valence-corrected chi connectivity index (χ1v) is 4.67. The molecule has 15 heavy (non-hydrogen) atoms. The number of hydrogen-bond acceptors (Lipinski definition) is 4. The van der Waals surface area contributed by atoms with Gasteiger partial charge in [-0.15, -0.1) is 0 Å². The molecule has 6 heteroatoms. The number of hydrogen-bond donors (Lipinski definition) is 3. The molecule has 0 radical (unpaired) electrons. The molecule has 1 heterocycles. The summed E-state index contributed by atoms with van der Waals surface area (Å²) < 4.78 is 1.59. The standard InChI is InChI=1S/C9H14N2O4/c1-2-3-11-5-6(4-10-11)7(12)8(13)9(14)15/h4-5,7-8,12-13H,2-3H2,1H3,(H,14,15). The summed E-state index contributed by atoms with van der Waals surface area (Å²) >= 11 is 0. The van der Waals surface area contributed by atoms with Crippen molar-refractivity contribution in [3.8, 4) is 0 Å². The van der Waals surface area contributed by atoms with Gasteiger partial charge in [0.25, 0.3) is 0 Å². The Bertz CT molecular complexity index is 337. The number of rotatable bonds is 5. The summed E-state index contributed by atoms with van der Waals surface area (Å²) in [5, 5.41) is 31.0. The first kappa shape index (κ1) is 11.7. The molecule has 0 spiro atoms. The molecule has 1 aromatic rings. The highest BCUT2D eigenvalue weighted by atomic mass is 16.4. The maximum atomic E-state index is 10.4. The highest BCUT2D eigenvalue weighted by Gasteiger charge is 2.26. The number of aryl methyl sites for hydroxylation is 1. The van der Waals surface area contributed by atoms with Gasteiger partial charge in [-0.1, -0.05) is 6.92 Å². The molecule has 1 aromatic heterocycles. The van der Waals surface area contributed by atoms with Gasteiger partial charge >= 0.3 is 5.97 Å². The molecule has 0 aliphatic heterocycles. The van der Waals surface area contributed by atoms with Crippen LogP contribution in [0.3, 0.4) is 0 Å². The zero-order chi connectivity index (χ0) is 11.4. The molecule has 2 unspecified atom stereocenters. The topological polar surface area (TPSA) is 95.6 Å². The lowest BCUT2D eigenvalue weighted by Gasteiger charge is -2.11. The fourth-order valence-corrected chi connectivity index (χ4v) is 1.20. The molecular weight excluding hydrogens is 200 g/mol. The summed E-state index contributed by atoms with van der Waals surface area (Å²) in [5.41, 5.74) is 0.304. The van der Waals surface area contributed by atoms with E-state index in [1.165, 1.54) is 12.4 Å². The van der Waals surface area contributed by atoms with Crippen LogP contribution in [0, 0.1) is 0 Å². The number of aliphatic hydroxyl groups excluding tert-OH is 2. The summed E-state index contributed by atoms with van der Waals surface area (Å²) in [6.45, 7) is 2.67. The normalized spacial score (nSPS) is 14.9. The van der Waals surface area contributed by atoms with E-state index in [9.17, 15) is 9.90 Å². The molecule has 3 N–H and O–H groups in total. The first-order chi connectivity index (χ1) is 7.06. The quantitative estimate of drug-likeness (QED) is 0.629. The van der Waals surface area contributed by atoms with E-state index in [-0.39, 0.29) is 0 Å². The van der Waals surface area contributed by atoms with Crippen LogP contribution in [0.1, 0.15) is 25.0 Å². The van der Waals surface area contributed by atoms with Crippen molar-refractivity contribution in [2.45, 2.75) is 32.1 Å². The molecule has 0 aliphatic carbocycles. The van der Waals surface area contributed by atoms with Gasteiger partial charge in [-0.2, -0.15) is 5.10 Å². The zero-order valence-electron chi connectivity index (χ0n) is 8.37. The minimum absolute atomic E-state index is 0.304. The van der Waals surface area contributed by atoms with E-state index in [1.807, 2.05) is 6.92 Å². The highest BCUT2D eigenvalue weighted by molar-refractivity contribution is 5.72. The van der Waals surface area contributed by atoms with Crippen molar-refractivity contribution in [2.24, 2.45) is 0 Å². The smallest absolute Gasteiger partial charge is 0.335 e. The number of carboxylic acid groups (broad SMARTS) is 1. The Hall–Kier alpha value is -1.40. The minimum atomic E-state index is -1.82. The monoisotopic (exact) mass is 214 g/mol. The van der Waals surface area contributed by atoms with Gasteiger partial charge in [-0.05, 0) is 6.42 Å². The minimum Gasteiger partial charge on any atom is -0.479 e. The molecule has 0 amide bonds. The molecule has 0 bridgehead atoms. The second kappa shape index (κ2) is 4.90. The maximum Gasteiger partial charge on any atom is 0.335 e. The number of aromatic nitrogens is 2. The molecule has 2 atom stereocenters. The summed E-state index contributed by atoms with van der Waals surface area (Å²) in [4.78, 5) is 10.4. The molecular formula is C9H14N2O4.